The average Bonchev–Trinajstić information content (AvgIpc) is 3.11. The molecule has 172 valence electrons. The maximum atomic E-state index is 10.7. The smallest absolute Gasteiger partial charge is 0.125 e. The Morgan fingerprint density at radius 2 is 1.88 bits per heavy atom. The third-order valence-electron chi connectivity index (χ3n) is 6.33. The first-order chi connectivity index (χ1) is 15.6. The van der Waals surface area contributed by atoms with Gasteiger partial charge in [-0.15, -0.1) is 0 Å². The number of nitrogens with zero attached hydrogens (tertiary/aromatic N) is 4. The van der Waals surface area contributed by atoms with E-state index in [1.54, 1.807) is 18.5 Å². The molecule has 0 amide bonds. The number of rotatable bonds is 5. The summed E-state index contributed by atoms with van der Waals surface area (Å²) in [5, 5.41) is 19.2. The highest BCUT2D eigenvalue weighted by Crippen LogP contribution is 2.37. The van der Waals surface area contributed by atoms with Crippen LogP contribution in [-0.4, -0.2) is 37.7 Å². The van der Waals surface area contributed by atoms with Crippen LogP contribution in [-0.2, 0) is 0 Å². The van der Waals surface area contributed by atoms with Crippen molar-refractivity contribution in [3.8, 4) is 16.9 Å². The highest BCUT2D eigenvalue weighted by Gasteiger charge is 2.39. The van der Waals surface area contributed by atoms with Gasteiger partial charge in [-0.25, -0.2) is 0 Å². The lowest BCUT2D eigenvalue weighted by molar-refractivity contribution is 0.125. The van der Waals surface area contributed by atoms with E-state index >= 15 is 0 Å². The van der Waals surface area contributed by atoms with Crippen LogP contribution in [0.15, 0.2) is 53.9 Å². The molecule has 6 heteroatoms. The predicted octanol–water partition coefficient (Wildman–Crippen LogP) is 5.64. The van der Waals surface area contributed by atoms with Crippen LogP contribution in [0, 0.1) is 6.92 Å². The Bertz CT molecular complexity index is 1170. The normalized spacial score (nSPS) is 18.3. The van der Waals surface area contributed by atoms with E-state index < -0.39 is 0 Å². The van der Waals surface area contributed by atoms with E-state index in [1.807, 2.05) is 36.5 Å². The maximum Gasteiger partial charge on any atom is 0.125 e. The molecule has 3 heterocycles. The molecular weight excluding hydrogens is 410 g/mol. The summed E-state index contributed by atoms with van der Waals surface area (Å²) < 4.78 is 2.14. The van der Waals surface area contributed by atoms with E-state index in [0.717, 1.165) is 35.2 Å². The summed E-state index contributed by atoms with van der Waals surface area (Å²) in [5.74, 6) is 0.155. The minimum Gasteiger partial charge on any atom is -0.507 e. The van der Waals surface area contributed by atoms with E-state index in [4.69, 9.17) is 5.10 Å². The second-order valence-electron chi connectivity index (χ2n) is 10.2. The molecule has 1 aromatic carbocycles. The molecule has 1 fully saturated rings. The van der Waals surface area contributed by atoms with E-state index in [2.05, 4.69) is 61.3 Å². The van der Waals surface area contributed by atoms with Gasteiger partial charge < -0.3 is 10.4 Å². The van der Waals surface area contributed by atoms with Crippen molar-refractivity contribution in [2.24, 2.45) is 4.99 Å². The predicted molar refractivity (Wildman–Crippen MR) is 135 cm³/mol. The molecule has 1 saturated heterocycles. The molecule has 0 radical (unpaired) electrons. The van der Waals surface area contributed by atoms with Gasteiger partial charge in [0.05, 0.1) is 17.9 Å². The summed E-state index contributed by atoms with van der Waals surface area (Å²) in [7, 11) is 0. The van der Waals surface area contributed by atoms with E-state index in [9.17, 15) is 5.11 Å². The first kappa shape index (κ1) is 22.9. The van der Waals surface area contributed by atoms with E-state index in [1.165, 1.54) is 0 Å². The topological polar surface area (TPSA) is 75.3 Å². The molecule has 0 unspecified atom stereocenters. The van der Waals surface area contributed by atoms with Gasteiger partial charge in [-0.2, -0.15) is 5.10 Å². The molecule has 4 rings (SSSR count). The summed E-state index contributed by atoms with van der Waals surface area (Å²) >= 11 is 0. The van der Waals surface area contributed by atoms with Gasteiger partial charge in [0.1, 0.15) is 5.75 Å². The number of hydrogen-bond acceptors (Lipinski definition) is 5. The summed E-state index contributed by atoms with van der Waals surface area (Å²) in [6.45, 7) is 14.8. The molecule has 2 N–H and O–H groups in total. The average molecular weight is 444 g/mol. The Balaban J connectivity index is 1.65. The molecule has 0 saturated carbocycles. The number of aliphatic imine (C=N–C) groups is 1. The monoisotopic (exact) mass is 443 g/mol. The first-order valence-electron chi connectivity index (χ1n) is 11.3. The number of hydrogen-bond donors (Lipinski definition) is 2. The van der Waals surface area contributed by atoms with Crippen molar-refractivity contribution in [1.82, 2.24) is 20.1 Å². The minimum atomic E-state index is 0.0381. The Kier molecular flexibility index (Phi) is 5.97. The zero-order valence-electron chi connectivity index (χ0n) is 20.1. The number of phenolic OH excluding ortho intramolecular Hbond substituents is 1. The fourth-order valence-corrected chi connectivity index (χ4v) is 5.21. The van der Waals surface area contributed by atoms with Crippen LogP contribution in [0.2, 0.25) is 0 Å². The molecule has 0 aliphatic carbocycles. The van der Waals surface area contributed by atoms with Gasteiger partial charge in [0, 0.05) is 45.9 Å². The van der Waals surface area contributed by atoms with Gasteiger partial charge in [0.15, 0.2) is 0 Å². The molecule has 0 bridgehead atoms. The van der Waals surface area contributed by atoms with Gasteiger partial charge in [-0.3, -0.25) is 14.7 Å². The van der Waals surface area contributed by atoms with Crippen LogP contribution in [0.25, 0.3) is 22.9 Å². The van der Waals surface area contributed by atoms with Crippen LogP contribution in [0.1, 0.15) is 63.4 Å². The van der Waals surface area contributed by atoms with Crippen LogP contribution in [0.4, 0.5) is 0 Å². The number of benzene rings is 1. The second kappa shape index (κ2) is 8.60. The number of piperidine rings is 1. The number of nitrogens with one attached hydrogen (secondary N) is 1. The lowest BCUT2D eigenvalue weighted by atomic mass is 9.79. The van der Waals surface area contributed by atoms with Crippen molar-refractivity contribution in [2.75, 3.05) is 0 Å². The number of aromatic nitrogens is 3. The third kappa shape index (κ3) is 4.91. The lowest BCUT2D eigenvalue weighted by Gasteiger charge is -2.46. The molecule has 1 aliphatic rings. The number of phenols is 1. The Labute approximate surface area is 196 Å². The number of aromatic hydroxyl groups is 1. The van der Waals surface area contributed by atoms with Crippen molar-refractivity contribution in [2.45, 2.75) is 64.6 Å². The standard InChI is InChI=1S/C27H33N5O/c1-18-21(17-30-32(18)22-14-26(2,3)31-27(4,5)15-22)12-24(28-6)23-10-9-19(13-25(23)33)20-8-7-11-29-16-20/h7-13,16-17,22,31,33H,6,14-15H2,1-5H3/b24-12-. The zero-order valence-corrected chi connectivity index (χ0v) is 20.1. The highest BCUT2D eigenvalue weighted by molar-refractivity contribution is 5.86. The molecule has 1 aliphatic heterocycles. The SMILES string of the molecule is C=N/C(=C\c1cnn(C2CC(C)(C)NC(C)(C)C2)c1C)c1ccc(-c2cccnc2)cc1O. The van der Waals surface area contributed by atoms with Crippen molar-refractivity contribution in [1.29, 1.82) is 0 Å². The van der Waals surface area contributed by atoms with Gasteiger partial charge in [-0.1, -0.05) is 12.1 Å². The molecular formula is C27H33N5O. The van der Waals surface area contributed by atoms with Crippen molar-refractivity contribution >= 4 is 18.5 Å². The minimum absolute atomic E-state index is 0.0381. The largest absolute Gasteiger partial charge is 0.507 e. The second-order valence-corrected chi connectivity index (χ2v) is 10.2. The summed E-state index contributed by atoms with van der Waals surface area (Å²) in [6.07, 6.45) is 9.34. The fourth-order valence-electron chi connectivity index (χ4n) is 5.21. The zero-order chi connectivity index (χ0) is 23.8. The first-order valence-corrected chi connectivity index (χ1v) is 11.3. The van der Waals surface area contributed by atoms with Crippen LogP contribution >= 0.6 is 0 Å². The fraction of sp³-hybridized carbons (Fsp3) is 0.370. The Hall–Kier alpha value is -3.25. The maximum absolute atomic E-state index is 10.7. The Morgan fingerprint density at radius 3 is 2.48 bits per heavy atom. The van der Waals surface area contributed by atoms with E-state index in [-0.39, 0.29) is 16.8 Å². The molecule has 3 aromatic rings. The van der Waals surface area contributed by atoms with Crippen molar-refractivity contribution < 1.29 is 5.11 Å². The summed E-state index contributed by atoms with van der Waals surface area (Å²) in [5.41, 5.74) is 5.22. The molecule has 33 heavy (non-hydrogen) atoms. The highest BCUT2D eigenvalue weighted by atomic mass is 16.3. The molecule has 0 spiro atoms. The van der Waals surface area contributed by atoms with Crippen molar-refractivity contribution in [3.05, 3.63) is 65.7 Å². The van der Waals surface area contributed by atoms with Crippen LogP contribution in [0.3, 0.4) is 0 Å². The molecule has 0 atom stereocenters. The Morgan fingerprint density at radius 1 is 1.15 bits per heavy atom. The number of pyridine rings is 1. The van der Waals surface area contributed by atoms with Gasteiger partial charge >= 0.3 is 0 Å². The third-order valence-corrected chi connectivity index (χ3v) is 6.33. The van der Waals surface area contributed by atoms with Crippen LogP contribution in [0.5, 0.6) is 5.75 Å². The van der Waals surface area contributed by atoms with E-state index in [0.29, 0.717) is 17.3 Å². The molecule has 2 aromatic heterocycles. The van der Waals surface area contributed by atoms with Crippen molar-refractivity contribution in [3.63, 3.8) is 0 Å². The van der Waals surface area contributed by atoms with Gasteiger partial charge in [0.25, 0.3) is 0 Å². The quantitative estimate of drug-likeness (QED) is 0.501. The van der Waals surface area contributed by atoms with Gasteiger partial charge in [-0.05, 0) is 84.0 Å². The van der Waals surface area contributed by atoms with Gasteiger partial charge in [0.2, 0.25) is 0 Å². The summed E-state index contributed by atoms with van der Waals surface area (Å²) in [4.78, 5) is 8.37. The summed E-state index contributed by atoms with van der Waals surface area (Å²) in [6, 6.07) is 9.72. The van der Waals surface area contributed by atoms with Crippen LogP contribution < -0.4 is 5.32 Å². The molecule has 6 nitrogen and oxygen atoms in total. The lowest BCUT2D eigenvalue weighted by Crippen LogP contribution is -2.58.